The maximum Gasteiger partial charge on any atom is 0.330 e. The van der Waals surface area contributed by atoms with Gasteiger partial charge in [-0.05, 0) is 74.3 Å². The van der Waals surface area contributed by atoms with Crippen molar-refractivity contribution in [2.75, 3.05) is 24.5 Å². The summed E-state index contributed by atoms with van der Waals surface area (Å²) >= 11 is 0. The third-order valence-electron chi connectivity index (χ3n) is 8.13. The van der Waals surface area contributed by atoms with Crippen LogP contribution in [-0.2, 0) is 27.2 Å². The molecule has 1 N–H and O–H groups in total. The van der Waals surface area contributed by atoms with E-state index in [4.69, 9.17) is 9.15 Å². The van der Waals surface area contributed by atoms with Crippen molar-refractivity contribution >= 4 is 34.6 Å². The molecule has 1 atom stereocenters. The van der Waals surface area contributed by atoms with Gasteiger partial charge in [-0.15, -0.1) is 0 Å². The number of fused-ring (bicyclic) bond motifs is 2. The number of ether oxygens (including phenoxy) is 1. The van der Waals surface area contributed by atoms with Crippen molar-refractivity contribution in [1.82, 2.24) is 9.88 Å². The second-order valence-electron chi connectivity index (χ2n) is 10.6. The van der Waals surface area contributed by atoms with Gasteiger partial charge in [-0.25, -0.2) is 4.90 Å². The van der Waals surface area contributed by atoms with Crippen molar-refractivity contribution in [1.29, 1.82) is 0 Å². The minimum Gasteiger partial charge on any atom is -0.481 e. The molecule has 0 spiro atoms. The predicted molar refractivity (Wildman–Crippen MR) is 139 cm³/mol. The molecule has 3 heterocycles. The van der Waals surface area contributed by atoms with Crippen LogP contribution in [-0.4, -0.2) is 58.5 Å². The molecule has 0 bridgehead atoms. The molecule has 1 aromatic heterocycles. The quantitative estimate of drug-likeness (QED) is 0.413. The van der Waals surface area contributed by atoms with Gasteiger partial charge in [0, 0.05) is 31.7 Å². The molecule has 3 aliphatic rings. The highest BCUT2D eigenvalue weighted by molar-refractivity contribution is 5.88. The number of Topliss-reactive ketones (excluding diaryl/α,β-unsaturated/α-hetero) is 1. The molecule has 6 rings (SSSR count). The standard InChI is InChI=1S/C29H32FN3O5/c30-29(32-14-3-4-15-32,38-22-10-8-21(9-11-22)27(35)36)26(34)18-19-7-12-23-25(17-19)37-28(31-23)33-16-13-20-5-1-2-6-24(20)33/h1-2,5-7,12,17,21-22H,3-4,8-11,13-16,18H2,(H,35,36). The van der Waals surface area contributed by atoms with Gasteiger partial charge < -0.3 is 14.3 Å². The van der Waals surface area contributed by atoms with Crippen LogP contribution in [0.1, 0.15) is 49.7 Å². The monoisotopic (exact) mass is 521 g/mol. The number of carboxylic acid groups (broad SMARTS) is 1. The van der Waals surface area contributed by atoms with E-state index < -0.39 is 29.8 Å². The van der Waals surface area contributed by atoms with Crippen molar-refractivity contribution in [3.05, 3.63) is 53.6 Å². The number of halogens is 1. The van der Waals surface area contributed by atoms with Gasteiger partial charge in [0.05, 0.1) is 12.0 Å². The van der Waals surface area contributed by atoms with Crippen LogP contribution >= 0.6 is 0 Å². The number of oxazole rings is 1. The number of hydrogen-bond donors (Lipinski definition) is 1. The van der Waals surface area contributed by atoms with Gasteiger partial charge in [0.2, 0.25) is 5.78 Å². The summed E-state index contributed by atoms with van der Waals surface area (Å²) in [4.78, 5) is 33.0. The average molecular weight is 522 g/mol. The lowest BCUT2D eigenvalue weighted by molar-refractivity contribution is -0.252. The van der Waals surface area contributed by atoms with Crippen LogP contribution in [0.2, 0.25) is 0 Å². The summed E-state index contributed by atoms with van der Waals surface area (Å²) in [5, 5.41) is 9.27. The molecule has 2 aliphatic heterocycles. The molecule has 200 valence electrons. The second-order valence-corrected chi connectivity index (χ2v) is 10.6. The summed E-state index contributed by atoms with van der Waals surface area (Å²) < 4.78 is 28.5. The molecular weight excluding hydrogens is 489 g/mol. The molecule has 3 aromatic rings. The van der Waals surface area contributed by atoms with Crippen LogP contribution in [0.3, 0.4) is 0 Å². The zero-order valence-corrected chi connectivity index (χ0v) is 21.3. The first kappa shape index (κ1) is 25.0. The predicted octanol–water partition coefficient (Wildman–Crippen LogP) is 5.01. The zero-order chi connectivity index (χ0) is 26.3. The number of alkyl halides is 1. The van der Waals surface area contributed by atoms with E-state index in [1.165, 1.54) is 10.5 Å². The minimum atomic E-state index is -2.53. The molecule has 1 saturated heterocycles. The van der Waals surface area contributed by atoms with E-state index in [1.807, 2.05) is 17.0 Å². The van der Waals surface area contributed by atoms with E-state index in [2.05, 4.69) is 17.1 Å². The van der Waals surface area contributed by atoms with E-state index in [9.17, 15) is 14.7 Å². The topological polar surface area (TPSA) is 96.1 Å². The van der Waals surface area contributed by atoms with E-state index in [1.54, 1.807) is 18.2 Å². The SMILES string of the molecule is O=C(O)C1CCC(OC(F)(C(=O)Cc2ccc3nc(N4CCc5ccccc54)oc3c2)N2CCCC2)CC1. The Bertz CT molecular complexity index is 1340. The largest absolute Gasteiger partial charge is 0.481 e. The number of ketones is 1. The van der Waals surface area contributed by atoms with Crippen molar-refractivity contribution < 1.29 is 28.2 Å². The molecular formula is C29H32FN3O5. The highest BCUT2D eigenvalue weighted by Gasteiger charge is 2.48. The second kappa shape index (κ2) is 10.1. The molecule has 8 nitrogen and oxygen atoms in total. The van der Waals surface area contributed by atoms with Crippen LogP contribution in [0.4, 0.5) is 16.1 Å². The number of hydrogen-bond acceptors (Lipinski definition) is 7. The Labute approximate surface area is 220 Å². The summed E-state index contributed by atoms with van der Waals surface area (Å²) in [7, 11) is 0. The Morgan fingerprint density at radius 3 is 2.61 bits per heavy atom. The zero-order valence-electron chi connectivity index (χ0n) is 21.3. The molecule has 1 saturated carbocycles. The number of aliphatic carboxylic acids is 1. The fourth-order valence-corrected chi connectivity index (χ4v) is 5.98. The number of para-hydroxylation sites is 1. The Hall–Kier alpha value is -3.30. The Kier molecular flexibility index (Phi) is 6.65. The Balaban J connectivity index is 1.19. The summed E-state index contributed by atoms with van der Waals surface area (Å²) in [6.07, 6.45) is 3.61. The fourth-order valence-electron chi connectivity index (χ4n) is 5.98. The maximum absolute atomic E-state index is 16.5. The molecule has 0 radical (unpaired) electrons. The molecule has 2 fully saturated rings. The van der Waals surface area contributed by atoms with Gasteiger partial charge in [-0.3, -0.25) is 14.5 Å². The summed E-state index contributed by atoms with van der Waals surface area (Å²) in [6, 6.07) is 14.0. The van der Waals surface area contributed by atoms with E-state index in [0.717, 1.165) is 31.5 Å². The van der Waals surface area contributed by atoms with Crippen molar-refractivity contribution in [3.8, 4) is 0 Å². The summed E-state index contributed by atoms with van der Waals surface area (Å²) in [5.74, 6) is -4.44. The van der Waals surface area contributed by atoms with Crippen LogP contribution in [0.25, 0.3) is 11.1 Å². The highest BCUT2D eigenvalue weighted by Crippen LogP contribution is 2.37. The van der Waals surface area contributed by atoms with Crippen LogP contribution < -0.4 is 4.90 Å². The van der Waals surface area contributed by atoms with Crippen molar-refractivity contribution in [2.24, 2.45) is 5.92 Å². The Morgan fingerprint density at radius 1 is 1.08 bits per heavy atom. The number of benzene rings is 2. The van der Waals surface area contributed by atoms with Gasteiger partial charge in [-0.1, -0.05) is 24.3 Å². The van der Waals surface area contributed by atoms with Crippen LogP contribution in [0, 0.1) is 5.92 Å². The molecule has 1 unspecified atom stereocenters. The fraction of sp³-hybridized carbons (Fsp3) is 0.483. The van der Waals surface area contributed by atoms with Gasteiger partial charge in [0.25, 0.3) is 0 Å². The van der Waals surface area contributed by atoms with Crippen LogP contribution in [0.15, 0.2) is 46.9 Å². The lowest BCUT2D eigenvalue weighted by Gasteiger charge is -2.37. The smallest absolute Gasteiger partial charge is 0.330 e. The number of carboxylic acids is 1. The number of anilines is 2. The third-order valence-corrected chi connectivity index (χ3v) is 8.13. The van der Waals surface area contributed by atoms with Crippen molar-refractivity contribution in [3.63, 3.8) is 0 Å². The maximum atomic E-state index is 16.5. The lowest BCUT2D eigenvalue weighted by atomic mass is 9.87. The number of rotatable bonds is 8. The Morgan fingerprint density at radius 2 is 1.84 bits per heavy atom. The summed E-state index contributed by atoms with van der Waals surface area (Å²) in [5.41, 5.74) is 4.19. The first-order chi connectivity index (χ1) is 18.4. The van der Waals surface area contributed by atoms with Crippen molar-refractivity contribution in [2.45, 2.75) is 63.4 Å². The van der Waals surface area contributed by atoms with E-state index in [0.29, 0.717) is 61.5 Å². The normalized spacial score (nSPS) is 23.4. The molecule has 38 heavy (non-hydrogen) atoms. The molecule has 1 aliphatic carbocycles. The third kappa shape index (κ3) is 4.69. The summed E-state index contributed by atoms with van der Waals surface area (Å²) in [6.45, 7) is 1.69. The van der Waals surface area contributed by atoms with Gasteiger partial charge >= 0.3 is 18.0 Å². The number of carbonyl (C=O) groups excluding carboxylic acids is 1. The van der Waals surface area contributed by atoms with Gasteiger partial charge in [0.1, 0.15) is 5.52 Å². The highest BCUT2D eigenvalue weighted by atomic mass is 19.2. The van der Waals surface area contributed by atoms with E-state index in [-0.39, 0.29) is 6.42 Å². The number of likely N-dealkylation sites (tertiary alicyclic amines) is 1. The average Bonchev–Trinajstić information content (AvgIpc) is 3.68. The first-order valence-electron chi connectivity index (χ1n) is 13.5. The molecule has 0 amide bonds. The molecule has 9 heteroatoms. The van der Waals surface area contributed by atoms with Gasteiger partial charge in [0.15, 0.2) is 5.58 Å². The number of aromatic nitrogens is 1. The number of carbonyl (C=O) groups is 2. The number of nitrogens with zero attached hydrogens (tertiary/aromatic N) is 3. The first-order valence-corrected chi connectivity index (χ1v) is 13.5. The minimum absolute atomic E-state index is 0.143. The molecule has 2 aromatic carbocycles. The van der Waals surface area contributed by atoms with Gasteiger partial charge in [-0.2, -0.15) is 9.37 Å². The van der Waals surface area contributed by atoms with Crippen LogP contribution in [0.5, 0.6) is 0 Å². The lowest BCUT2D eigenvalue weighted by Crippen LogP contribution is -2.54. The van der Waals surface area contributed by atoms with E-state index >= 15 is 4.39 Å².